The summed E-state index contributed by atoms with van der Waals surface area (Å²) in [4.78, 5) is 12.8. The average molecular weight is 415 g/mol. The van der Waals surface area contributed by atoms with Crippen molar-refractivity contribution in [2.45, 2.75) is 18.3 Å². The zero-order chi connectivity index (χ0) is 21.0. The minimum absolute atomic E-state index is 0.355. The summed E-state index contributed by atoms with van der Waals surface area (Å²) in [6.45, 7) is 1.71. The first-order valence-corrected chi connectivity index (χ1v) is 10.4. The molecule has 9 nitrogen and oxygen atoms in total. The van der Waals surface area contributed by atoms with E-state index in [2.05, 4.69) is 20.9 Å². The molecular weight excluding hydrogens is 394 g/mol. The molecule has 0 aromatic heterocycles. The highest BCUT2D eigenvalue weighted by Gasteiger charge is 2.46. The molecule has 1 aliphatic heterocycles. The molecule has 2 aromatic carbocycles. The first-order chi connectivity index (χ1) is 13.8. The van der Waals surface area contributed by atoms with Crippen molar-refractivity contribution >= 4 is 27.3 Å². The number of nitrogens with one attached hydrogen (secondary N) is 4. The predicted octanol–water partition coefficient (Wildman–Crippen LogP) is 1.39. The number of nitriles is 1. The van der Waals surface area contributed by atoms with E-state index < -0.39 is 33.3 Å². The zero-order valence-corrected chi connectivity index (χ0v) is 16.7. The number of rotatable bonds is 6. The SMILES string of the molecule is COc1ccc(NS(=O)(=O)C2NNC(C)C2C(=O)Nc2cccc(C#N)c2)cc1. The minimum Gasteiger partial charge on any atom is -0.497 e. The Kier molecular flexibility index (Phi) is 6.03. The number of anilines is 2. The molecule has 1 amide bonds. The molecule has 0 spiro atoms. The minimum atomic E-state index is -3.94. The quantitative estimate of drug-likeness (QED) is 0.560. The lowest BCUT2D eigenvalue weighted by Gasteiger charge is -2.21. The number of sulfonamides is 1. The molecule has 1 fully saturated rings. The molecule has 0 radical (unpaired) electrons. The van der Waals surface area contributed by atoms with Crippen LogP contribution >= 0.6 is 0 Å². The summed E-state index contributed by atoms with van der Waals surface area (Å²) in [5.74, 6) is -0.786. The van der Waals surface area contributed by atoms with Crippen molar-refractivity contribution in [1.82, 2.24) is 10.9 Å². The molecule has 1 heterocycles. The number of carbonyl (C=O) groups excluding carboxylic acids is 1. The van der Waals surface area contributed by atoms with Crippen LogP contribution in [0.15, 0.2) is 48.5 Å². The maximum atomic E-state index is 12.9. The lowest BCUT2D eigenvalue weighted by Crippen LogP contribution is -2.45. The Morgan fingerprint density at radius 2 is 1.86 bits per heavy atom. The van der Waals surface area contributed by atoms with Gasteiger partial charge in [-0.15, -0.1) is 0 Å². The normalized spacial score (nSPS) is 21.2. The highest BCUT2D eigenvalue weighted by molar-refractivity contribution is 7.93. The molecule has 152 valence electrons. The third kappa shape index (κ3) is 4.65. The first-order valence-electron chi connectivity index (χ1n) is 8.82. The molecule has 2 aromatic rings. The molecule has 10 heteroatoms. The Hall–Kier alpha value is -3.13. The molecule has 3 rings (SSSR count). The van der Waals surface area contributed by atoms with Gasteiger partial charge in [0.1, 0.15) is 5.75 Å². The molecule has 0 bridgehead atoms. The van der Waals surface area contributed by atoms with Gasteiger partial charge in [0.15, 0.2) is 5.37 Å². The average Bonchev–Trinajstić information content (AvgIpc) is 3.11. The van der Waals surface area contributed by atoms with Gasteiger partial charge in [0, 0.05) is 17.4 Å². The van der Waals surface area contributed by atoms with Crippen molar-refractivity contribution in [3.05, 3.63) is 54.1 Å². The van der Waals surface area contributed by atoms with Crippen LogP contribution in [0.4, 0.5) is 11.4 Å². The van der Waals surface area contributed by atoms with Crippen LogP contribution in [0.5, 0.6) is 5.75 Å². The smallest absolute Gasteiger partial charge is 0.250 e. The van der Waals surface area contributed by atoms with Crippen LogP contribution < -0.4 is 25.6 Å². The summed E-state index contributed by atoms with van der Waals surface area (Å²) in [5.41, 5.74) is 6.68. The van der Waals surface area contributed by atoms with Gasteiger partial charge in [0.05, 0.1) is 24.7 Å². The fourth-order valence-corrected chi connectivity index (χ4v) is 4.63. The second-order valence-electron chi connectivity index (χ2n) is 6.58. The van der Waals surface area contributed by atoms with Crippen molar-refractivity contribution in [3.8, 4) is 11.8 Å². The van der Waals surface area contributed by atoms with Crippen molar-refractivity contribution in [1.29, 1.82) is 5.26 Å². The second kappa shape index (κ2) is 8.48. The summed E-state index contributed by atoms with van der Waals surface area (Å²) >= 11 is 0. The Labute approximate surface area is 169 Å². The summed E-state index contributed by atoms with van der Waals surface area (Å²) in [7, 11) is -2.42. The van der Waals surface area contributed by atoms with Crippen molar-refractivity contribution in [2.75, 3.05) is 17.1 Å². The monoisotopic (exact) mass is 415 g/mol. The van der Waals surface area contributed by atoms with E-state index in [0.29, 0.717) is 22.7 Å². The van der Waals surface area contributed by atoms with Gasteiger partial charge in [0.25, 0.3) is 10.0 Å². The summed E-state index contributed by atoms with van der Waals surface area (Å²) in [5, 5.41) is 10.5. The van der Waals surface area contributed by atoms with Gasteiger partial charge >= 0.3 is 0 Å². The maximum Gasteiger partial charge on any atom is 0.250 e. The van der Waals surface area contributed by atoms with Crippen LogP contribution in [0.1, 0.15) is 12.5 Å². The Morgan fingerprint density at radius 1 is 1.14 bits per heavy atom. The van der Waals surface area contributed by atoms with Gasteiger partial charge < -0.3 is 10.1 Å². The predicted molar refractivity (Wildman–Crippen MR) is 108 cm³/mol. The van der Waals surface area contributed by atoms with Crippen molar-refractivity contribution in [2.24, 2.45) is 5.92 Å². The molecule has 0 aliphatic carbocycles. The lowest BCUT2D eigenvalue weighted by molar-refractivity contribution is -0.119. The highest BCUT2D eigenvalue weighted by Crippen LogP contribution is 2.24. The van der Waals surface area contributed by atoms with E-state index >= 15 is 0 Å². The van der Waals surface area contributed by atoms with E-state index in [4.69, 9.17) is 10.00 Å². The van der Waals surface area contributed by atoms with Gasteiger partial charge in [-0.25, -0.2) is 13.8 Å². The molecule has 3 unspecified atom stereocenters. The van der Waals surface area contributed by atoms with Crippen molar-refractivity contribution in [3.63, 3.8) is 0 Å². The molecule has 0 saturated carbocycles. The molecule has 1 saturated heterocycles. The maximum absolute atomic E-state index is 12.9. The molecule has 3 atom stereocenters. The third-order valence-electron chi connectivity index (χ3n) is 4.56. The molecule has 1 aliphatic rings. The number of amides is 1. The number of ether oxygens (including phenoxy) is 1. The largest absolute Gasteiger partial charge is 0.497 e. The topological polar surface area (TPSA) is 132 Å². The van der Waals surface area contributed by atoms with E-state index in [0.717, 1.165) is 0 Å². The second-order valence-corrected chi connectivity index (χ2v) is 8.38. The molecule has 29 heavy (non-hydrogen) atoms. The Bertz CT molecular complexity index is 1030. The Balaban J connectivity index is 1.78. The van der Waals surface area contributed by atoms with Gasteiger partial charge in [-0.3, -0.25) is 14.9 Å². The fraction of sp³-hybridized carbons (Fsp3) is 0.263. The van der Waals surface area contributed by atoms with Crippen LogP contribution in [0.2, 0.25) is 0 Å². The lowest BCUT2D eigenvalue weighted by atomic mass is 10.0. The van der Waals surface area contributed by atoms with Crippen LogP contribution in [-0.2, 0) is 14.8 Å². The number of benzene rings is 2. The summed E-state index contributed by atoms with van der Waals surface area (Å²) in [6, 6.07) is 14.4. The number of carbonyl (C=O) groups is 1. The number of nitrogens with zero attached hydrogens (tertiary/aromatic N) is 1. The number of hydrazine groups is 1. The summed E-state index contributed by atoms with van der Waals surface area (Å²) < 4.78 is 33.4. The van der Waals surface area contributed by atoms with Crippen LogP contribution in [-0.4, -0.2) is 32.9 Å². The van der Waals surface area contributed by atoms with E-state index in [-0.39, 0.29) is 0 Å². The third-order valence-corrected chi connectivity index (χ3v) is 6.16. The van der Waals surface area contributed by atoms with Crippen LogP contribution in [0, 0.1) is 17.2 Å². The van der Waals surface area contributed by atoms with E-state index in [1.165, 1.54) is 13.2 Å². The van der Waals surface area contributed by atoms with E-state index in [1.54, 1.807) is 49.4 Å². The van der Waals surface area contributed by atoms with E-state index in [1.807, 2.05) is 6.07 Å². The number of hydrogen-bond donors (Lipinski definition) is 4. The van der Waals surface area contributed by atoms with Gasteiger partial charge in [-0.1, -0.05) is 6.07 Å². The number of hydrogen-bond acceptors (Lipinski definition) is 7. The standard InChI is InChI=1S/C19H21N5O4S/c1-12-17(18(25)21-15-5-3-4-13(10-15)11-20)19(23-22-12)29(26,27)24-14-6-8-16(28-2)9-7-14/h3-10,12,17,19,22-24H,1-2H3,(H,21,25). The summed E-state index contributed by atoms with van der Waals surface area (Å²) in [6.07, 6.45) is 0. The zero-order valence-electron chi connectivity index (χ0n) is 15.8. The Morgan fingerprint density at radius 3 is 2.52 bits per heavy atom. The highest BCUT2D eigenvalue weighted by atomic mass is 32.2. The first kappa shape index (κ1) is 20.6. The van der Waals surface area contributed by atoms with Gasteiger partial charge in [-0.05, 0) is 49.4 Å². The van der Waals surface area contributed by atoms with Crippen LogP contribution in [0.25, 0.3) is 0 Å². The van der Waals surface area contributed by atoms with Crippen molar-refractivity contribution < 1.29 is 17.9 Å². The number of methoxy groups -OCH3 is 1. The fourth-order valence-electron chi connectivity index (χ4n) is 3.07. The molecular formula is C19H21N5O4S. The van der Waals surface area contributed by atoms with Gasteiger partial charge in [0.2, 0.25) is 5.91 Å². The molecule has 4 N–H and O–H groups in total. The van der Waals surface area contributed by atoms with E-state index in [9.17, 15) is 13.2 Å². The van der Waals surface area contributed by atoms with Gasteiger partial charge in [-0.2, -0.15) is 5.26 Å². The van der Waals surface area contributed by atoms with Crippen LogP contribution in [0.3, 0.4) is 0 Å².